The van der Waals surface area contributed by atoms with Crippen LogP contribution in [-0.2, 0) is 0 Å². The lowest BCUT2D eigenvalue weighted by molar-refractivity contribution is -0.594. The standard InChI is InChI=1S/C16H13BrNO.BrH/c1-19-16-4-2-3-12-9-10-18(11-15(12)16)14-7-5-13(17)6-8-14;/h2-11H,1H3;1H/q+1;/p-1. The van der Waals surface area contributed by atoms with Gasteiger partial charge in [-0.3, -0.25) is 0 Å². The lowest BCUT2D eigenvalue weighted by Gasteiger charge is -2.04. The molecular formula is C16H13Br2NO. The molecule has 0 N–H and O–H groups in total. The first-order valence-electron chi connectivity index (χ1n) is 6.02. The Balaban J connectivity index is 0.00000147. The third kappa shape index (κ3) is 2.86. The van der Waals surface area contributed by atoms with E-state index in [0.717, 1.165) is 21.3 Å². The number of ether oxygens (including phenoxy) is 1. The molecule has 3 rings (SSSR count). The quantitative estimate of drug-likeness (QED) is 0.588. The van der Waals surface area contributed by atoms with Crippen molar-refractivity contribution in [2.24, 2.45) is 0 Å². The fourth-order valence-electron chi connectivity index (χ4n) is 2.14. The third-order valence-electron chi connectivity index (χ3n) is 3.13. The van der Waals surface area contributed by atoms with Crippen molar-refractivity contribution in [2.75, 3.05) is 7.11 Å². The van der Waals surface area contributed by atoms with E-state index in [1.165, 1.54) is 5.39 Å². The molecule has 0 amide bonds. The molecule has 0 fully saturated rings. The highest BCUT2D eigenvalue weighted by molar-refractivity contribution is 9.10. The number of hydrogen-bond donors (Lipinski definition) is 0. The van der Waals surface area contributed by atoms with Crippen molar-refractivity contribution in [1.82, 2.24) is 0 Å². The van der Waals surface area contributed by atoms with Crippen LogP contribution in [0.25, 0.3) is 16.5 Å². The number of hydrogen-bond acceptors (Lipinski definition) is 1. The van der Waals surface area contributed by atoms with Crippen LogP contribution in [0.1, 0.15) is 0 Å². The molecule has 0 aliphatic rings. The second-order valence-electron chi connectivity index (χ2n) is 4.29. The van der Waals surface area contributed by atoms with Gasteiger partial charge in [-0.1, -0.05) is 28.1 Å². The van der Waals surface area contributed by atoms with E-state index in [2.05, 4.69) is 57.2 Å². The van der Waals surface area contributed by atoms with E-state index in [1.807, 2.05) is 24.3 Å². The highest BCUT2D eigenvalue weighted by atomic mass is 79.9. The molecule has 4 heteroatoms. The van der Waals surface area contributed by atoms with Crippen LogP contribution in [0.4, 0.5) is 0 Å². The number of methoxy groups -OCH3 is 1. The molecule has 102 valence electrons. The number of fused-ring (bicyclic) bond motifs is 1. The Kier molecular flexibility index (Phi) is 4.78. The van der Waals surface area contributed by atoms with Gasteiger partial charge in [0.25, 0.3) is 0 Å². The second kappa shape index (κ2) is 6.37. The number of rotatable bonds is 2. The van der Waals surface area contributed by atoms with Crippen LogP contribution in [0.15, 0.2) is 65.4 Å². The van der Waals surface area contributed by atoms with Gasteiger partial charge in [0.2, 0.25) is 5.69 Å². The van der Waals surface area contributed by atoms with Gasteiger partial charge in [0.05, 0.1) is 12.5 Å². The summed E-state index contributed by atoms with van der Waals surface area (Å²) in [5, 5.41) is 2.28. The number of aromatic nitrogens is 1. The average Bonchev–Trinajstić information content (AvgIpc) is 2.47. The van der Waals surface area contributed by atoms with Crippen LogP contribution >= 0.6 is 15.9 Å². The van der Waals surface area contributed by atoms with E-state index >= 15 is 0 Å². The number of halogens is 2. The maximum atomic E-state index is 5.42. The summed E-state index contributed by atoms with van der Waals surface area (Å²) in [7, 11) is 1.70. The molecule has 0 saturated carbocycles. The number of benzene rings is 2. The summed E-state index contributed by atoms with van der Waals surface area (Å²) >= 11 is 3.45. The molecule has 2 nitrogen and oxygen atoms in total. The SMILES string of the molecule is COc1cccc2cc[n+](-c3ccc(Br)cc3)cc12.[Br-]. The zero-order chi connectivity index (χ0) is 13.2. The van der Waals surface area contributed by atoms with E-state index in [-0.39, 0.29) is 17.0 Å². The average molecular weight is 395 g/mol. The van der Waals surface area contributed by atoms with Crippen LogP contribution in [0.2, 0.25) is 0 Å². The largest absolute Gasteiger partial charge is 1.00 e. The van der Waals surface area contributed by atoms with Gasteiger partial charge >= 0.3 is 0 Å². The molecular weight excluding hydrogens is 382 g/mol. The lowest BCUT2D eigenvalue weighted by atomic mass is 10.1. The predicted octanol–water partition coefficient (Wildman–Crippen LogP) is 0.892. The van der Waals surface area contributed by atoms with Gasteiger partial charge in [-0.25, -0.2) is 0 Å². The maximum Gasteiger partial charge on any atom is 0.210 e. The van der Waals surface area contributed by atoms with E-state index in [1.54, 1.807) is 7.11 Å². The van der Waals surface area contributed by atoms with E-state index in [0.29, 0.717) is 0 Å². The van der Waals surface area contributed by atoms with Gasteiger partial charge in [0.1, 0.15) is 5.75 Å². The van der Waals surface area contributed by atoms with Crippen molar-refractivity contribution in [3.8, 4) is 11.4 Å². The molecule has 0 spiro atoms. The van der Waals surface area contributed by atoms with Crippen molar-refractivity contribution in [3.63, 3.8) is 0 Å². The minimum absolute atomic E-state index is 0. The van der Waals surface area contributed by atoms with Gasteiger partial charge in [0.15, 0.2) is 12.4 Å². The van der Waals surface area contributed by atoms with Gasteiger partial charge < -0.3 is 21.7 Å². The fraction of sp³-hybridized carbons (Fsp3) is 0.0625. The molecule has 0 aliphatic carbocycles. The zero-order valence-corrected chi connectivity index (χ0v) is 14.1. The molecule has 0 atom stereocenters. The summed E-state index contributed by atoms with van der Waals surface area (Å²) in [6, 6.07) is 16.4. The maximum absolute atomic E-state index is 5.42. The minimum atomic E-state index is 0. The van der Waals surface area contributed by atoms with Gasteiger partial charge in [-0.05, 0) is 23.6 Å². The molecule has 0 bridgehead atoms. The summed E-state index contributed by atoms with van der Waals surface area (Å²) in [5.74, 6) is 0.893. The van der Waals surface area contributed by atoms with Crippen LogP contribution in [0.5, 0.6) is 5.75 Å². The van der Waals surface area contributed by atoms with Crippen molar-refractivity contribution in [1.29, 1.82) is 0 Å². The number of nitrogens with zero attached hydrogens (tertiary/aromatic N) is 1. The van der Waals surface area contributed by atoms with Crippen molar-refractivity contribution in [2.45, 2.75) is 0 Å². The fourth-order valence-corrected chi connectivity index (χ4v) is 2.40. The molecule has 0 aliphatic heterocycles. The van der Waals surface area contributed by atoms with Gasteiger partial charge in [-0.15, -0.1) is 0 Å². The molecule has 0 saturated heterocycles. The Morgan fingerprint density at radius 2 is 1.75 bits per heavy atom. The Labute approximate surface area is 136 Å². The van der Waals surface area contributed by atoms with Crippen molar-refractivity contribution < 1.29 is 26.3 Å². The first kappa shape index (κ1) is 15.0. The Hall–Kier alpha value is -1.39. The second-order valence-corrected chi connectivity index (χ2v) is 5.21. The Bertz CT molecular complexity index is 726. The highest BCUT2D eigenvalue weighted by Gasteiger charge is 2.09. The summed E-state index contributed by atoms with van der Waals surface area (Å²) in [5.41, 5.74) is 1.12. The molecule has 20 heavy (non-hydrogen) atoms. The summed E-state index contributed by atoms with van der Waals surface area (Å²) in [4.78, 5) is 0. The molecule has 0 radical (unpaired) electrons. The summed E-state index contributed by atoms with van der Waals surface area (Å²) < 4.78 is 8.59. The lowest BCUT2D eigenvalue weighted by Crippen LogP contribution is -3.00. The van der Waals surface area contributed by atoms with E-state index in [4.69, 9.17) is 4.74 Å². The smallest absolute Gasteiger partial charge is 0.210 e. The summed E-state index contributed by atoms with van der Waals surface area (Å²) in [6.45, 7) is 0. The van der Waals surface area contributed by atoms with Crippen LogP contribution in [-0.4, -0.2) is 7.11 Å². The topological polar surface area (TPSA) is 13.1 Å². The first-order chi connectivity index (χ1) is 9.28. The molecule has 1 heterocycles. The predicted molar refractivity (Wildman–Crippen MR) is 79.7 cm³/mol. The van der Waals surface area contributed by atoms with E-state index in [9.17, 15) is 0 Å². The summed E-state index contributed by atoms with van der Waals surface area (Å²) in [6.07, 6.45) is 4.16. The zero-order valence-electron chi connectivity index (χ0n) is 10.9. The minimum Gasteiger partial charge on any atom is -1.00 e. The molecule has 0 unspecified atom stereocenters. The molecule has 2 aromatic carbocycles. The number of pyridine rings is 1. The first-order valence-corrected chi connectivity index (χ1v) is 6.81. The molecule has 1 aromatic heterocycles. The Morgan fingerprint density at radius 1 is 1.00 bits per heavy atom. The van der Waals surface area contributed by atoms with Crippen LogP contribution in [0, 0.1) is 0 Å². The van der Waals surface area contributed by atoms with E-state index < -0.39 is 0 Å². The molecule has 3 aromatic rings. The van der Waals surface area contributed by atoms with Crippen molar-refractivity contribution in [3.05, 3.63) is 65.4 Å². The normalized spacial score (nSPS) is 10.1. The van der Waals surface area contributed by atoms with Crippen LogP contribution < -0.4 is 26.3 Å². The van der Waals surface area contributed by atoms with Gasteiger partial charge in [-0.2, -0.15) is 4.57 Å². The Morgan fingerprint density at radius 3 is 2.45 bits per heavy atom. The monoisotopic (exact) mass is 393 g/mol. The third-order valence-corrected chi connectivity index (χ3v) is 3.66. The van der Waals surface area contributed by atoms with Crippen LogP contribution in [0.3, 0.4) is 0 Å². The highest BCUT2D eigenvalue weighted by Crippen LogP contribution is 2.23. The van der Waals surface area contributed by atoms with Gasteiger partial charge in [0, 0.05) is 22.7 Å². The van der Waals surface area contributed by atoms with Crippen molar-refractivity contribution >= 4 is 26.7 Å².